The Bertz CT molecular complexity index is 73.3. The number of aliphatic imine (C=N–C) groups is 1. The zero-order chi connectivity index (χ0) is 5.70. The lowest BCUT2D eigenvalue weighted by molar-refractivity contribution is 0.216. The largest absolute Gasteiger partial charge is 0.376 e. The summed E-state index contributed by atoms with van der Waals surface area (Å²) in [6, 6.07) is 0. The van der Waals surface area contributed by atoms with Gasteiger partial charge in [-0.25, -0.2) is 4.99 Å². The highest BCUT2D eigenvalue weighted by atomic mass is 35.5. The second-order valence-electron chi connectivity index (χ2n) is 0.783. The molecular formula is C3H7ClN2O. The van der Waals surface area contributed by atoms with E-state index in [0.29, 0.717) is 0 Å². The smallest absolute Gasteiger partial charge is 0.302 e. The molecule has 0 aliphatic carbocycles. The normalized spacial score (nSPS) is 11.6. The molecule has 0 aromatic rings. The van der Waals surface area contributed by atoms with Gasteiger partial charge < -0.3 is 4.84 Å². The van der Waals surface area contributed by atoms with E-state index in [1.807, 2.05) is 0 Å². The van der Waals surface area contributed by atoms with Crippen LogP contribution in [0.5, 0.6) is 0 Å². The van der Waals surface area contributed by atoms with Crippen LogP contribution in [-0.4, -0.2) is 19.5 Å². The van der Waals surface area contributed by atoms with Crippen LogP contribution in [-0.2, 0) is 4.84 Å². The van der Waals surface area contributed by atoms with E-state index in [1.54, 1.807) is 14.1 Å². The molecule has 0 bridgehead atoms. The van der Waals surface area contributed by atoms with Crippen molar-refractivity contribution in [1.82, 2.24) is 5.48 Å². The van der Waals surface area contributed by atoms with Gasteiger partial charge in [0, 0.05) is 14.1 Å². The third-order valence-corrected chi connectivity index (χ3v) is 0.608. The zero-order valence-electron chi connectivity index (χ0n) is 4.23. The quantitative estimate of drug-likeness (QED) is 0.310. The van der Waals surface area contributed by atoms with E-state index < -0.39 is 0 Å². The lowest BCUT2D eigenvalue weighted by atomic mass is 11.3. The first-order chi connectivity index (χ1) is 3.31. The Hall–Kier alpha value is -0.280. The SMILES string of the molecule is CN=C(Cl)ONC. The van der Waals surface area contributed by atoms with Gasteiger partial charge in [0.2, 0.25) is 0 Å². The average Bonchev–Trinajstić information content (AvgIpc) is 1.68. The van der Waals surface area contributed by atoms with E-state index >= 15 is 0 Å². The molecule has 0 saturated heterocycles. The molecule has 0 spiro atoms. The minimum Gasteiger partial charge on any atom is -0.376 e. The van der Waals surface area contributed by atoms with E-state index in [0.717, 1.165) is 0 Å². The van der Waals surface area contributed by atoms with Crippen molar-refractivity contribution in [3.63, 3.8) is 0 Å². The number of nitrogens with one attached hydrogen (secondary N) is 1. The van der Waals surface area contributed by atoms with Gasteiger partial charge in [0.25, 0.3) is 0 Å². The predicted molar refractivity (Wildman–Crippen MR) is 29.4 cm³/mol. The van der Waals surface area contributed by atoms with Crippen LogP contribution in [0.15, 0.2) is 4.99 Å². The second kappa shape index (κ2) is 3.89. The summed E-state index contributed by atoms with van der Waals surface area (Å²) in [7, 11) is 3.15. The monoisotopic (exact) mass is 122 g/mol. The third kappa shape index (κ3) is 3.55. The zero-order valence-corrected chi connectivity index (χ0v) is 4.99. The van der Waals surface area contributed by atoms with Crippen LogP contribution in [0.4, 0.5) is 0 Å². The van der Waals surface area contributed by atoms with E-state index in [4.69, 9.17) is 11.6 Å². The van der Waals surface area contributed by atoms with Crippen molar-refractivity contribution in [2.45, 2.75) is 0 Å². The van der Waals surface area contributed by atoms with Crippen molar-refractivity contribution in [3.05, 3.63) is 0 Å². The van der Waals surface area contributed by atoms with Crippen molar-refractivity contribution in [2.24, 2.45) is 4.99 Å². The van der Waals surface area contributed by atoms with Gasteiger partial charge >= 0.3 is 5.36 Å². The summed E-state index contributed by atoms with van der Waals surface area (Å²) < 4.78 is 0. The average molecular weight is 123 g/mol. The molecule has 0 atom stereocenters. The van der Waals surface area contributed by atoms with E-state index in [-0.39, 0.29) is 5.36 Å². The molecule has 4 heteroatoms. The van der Waals surface area contributed by atoms with Crippen LogP contribution in [0.25, 0.3) is 0 Å². The topological polar surface area (TPSA) is 33.6 Å². The van der Waals surface area contributed by atoms with Crippen molar-refractivity contribution in [3.8, 4) is 0 Å². The summed E-state index contributed by atoms with van der Waals surface area (Å²) in [6.07, 6.45) is 0. The maximum absolute atomic E-state index is 5.23. The van der Waals surface area contributed by atoms with Gasteiger partial charge in [0.1, 0.15) is 0 Å². The number of rotatable bonds is 1. The highest BCUT2D eigenvalue weighted by molar-refractivity contribution is 6.62. The van der Waals surface area contributed by atoms with Crippen molar-refractivity contribution in [1.29, 1.82) is 0 Å². The molecule has 3 nitrogen and oxygen atoms in total. The third-order valence-electron chi connectivity index (χ3n) is 0.362. The first-order valence-corrected chi connectivity index (χ1v) is 2.15. The summed E-state index contributed by atoms with van der Waals surface area (Å²) in [5.74, 6) is 0. The van der Waals surface area contributed by atoms with Crippen LogP contribution >= 0.6 is 11.6 Å². The molecule has 0 aliphatic heterocycles. The minimum atomic E-state index is 0.113. The Kier molecular flexibility index (Phi) is 3.74. The van der Waals surface area contributed by atoms with Gasteiger partial charge in [-0.15, -0.1) is 0 Å². The molecule has 0 aliphatic rings. The number of halogens is 1. The fourth-order valence-corrected chi connectivity index (χ4v) is 0.207. The number of nitrogens with zero attached hydrogens (tertiary/aromatic N) is 1. The molecule has 0 saturated carbocycles. The van der Waals surface area contributed by atoms with Gasteiger partial charge in [-0.05, 0) is 11.6 Å². The standard InChI is InChI=1S/C3H7ClN2O/c1-5-3(4)7-6-2/h6H,1-2H3. The Balaban J connectivity index is 3.17. The minimum absolute atomic E-state index is 0.113. The molecule has 0 rings (SSSR count). The number of hydroxylamine groups is 1. The summed E-state index contributed by atoms with van der Waals surface area (Å²) in [6.45, 7) is 0. The van der Waals surface area contributed by atoms with Gasteiger partial charge in [-0.2, -0.15) is 5.48 Å². The molecule has 0 heterocycles. The van der Waals surface area contributed by atoms with Crippen molar-refractivity contribution < 1.29 is 4.84 Å². The fraction of sp³-hybridized carbons (Fsp3) is 0.667. The Morgan fingerprint density at radius 2 is 2.43 bits per heavy atom. The predicted octanol–water partition coefficient (Wildman–Crippen LogP) is 0.362. The Morgan fingerprint density at radius 1 is 1.86 bits per heavy atom. The van der Waals surface area contributed by atoms with Gasteiger partial charge in [-0.3, -0.25) is 0 Å². The second-order valence-corrected chi connectivity index (χ2v) is 1.11. The van der Waals surface area contributed by atoms with Gasteiger partial charge in [0.15, 0.2) is 0 Å². The van der Waals surface area contributed by atoms with Crippen LogP contribution in [0.3, 0.4) is 0 Å². The lowest BCUT2D eigenvalue weighted by Crippen LogP contribution is -2.09. The fourth-order valence-electron chi connectivity index (χ4n) is 0.130. The van der Waals surface area contributed by atoms with Gasteiger partial charge in [-0.1, -0.05) is 0 Å². The van der Waals surface area contributed by atoms with Gasteiger partial charge in [0.05, 0.1) is 0 Å². The highest BCUT2D eigenvalue weighted by Gasteiger charge is 1.84. The van der Waals surface area contributed by atoms with E-state index in [1.165, 1.54) is 0 Å². The van der Waals surface area contributed by atoms with Crippen LogP contribution in [0.2, 0.25) is 0 Å². The number of hydrogen-bond donors (Lipinski definition) is 1. The summed E-state index contributed by atoms with van der Waals surface area (Å²) in [5, 5.41) is 0.113. The molecule has 42 valence electrons. The van der Waals surface area contributed by atoms with E-state index in [2.05, 4.69) is 15.3 Å². The molecule has 7 heavy (non-hydrogen) atoms. The molecule has 0 radical (unpaired) electrons. The summed E-state index contributed by atoms with van der Waals surface area (Å²) in [4.78, 5) is 7.93. The summed E-state index contributed by atoms with van der Waals surface area (Å²) >= 11 is 5.23. The maximum atomic E-state index is 5.23. The van der Waals surface area contributed by atoms with Crippen LogP contribution in [0, 0.1) is 0 Å². The lowest BCUT2D eigenvalue weighted by Gasteiger charge is -1.94. The number of hydrogen-bond acceptors (Lipinski definition) is 3. The van der Waals surface area contributed by atoms with Crippen LogP contribution < -0.4 is 5.48 Å². The molecule has 0 aromatic heterocycles. The molecule has 0 amide bonds. The first kappa shape index (κ1) is 6.72. The van der Waals surface area contributed by atoms with Crippen LogP contribution in [0.1, 0.15) is 0 Å². The Labute approximate surface area is 47.3 Å². The molecule has 0 aromatic carbocycles. The molecule has 0 unspecified atom stereocenters. The molecular weight excluding hydrogens is 115 g/mol. The van der Waals surface area contributed by atoms with Crippen molar-refractivity contribution in [2.75, 3.05) is 14.1 Å². The maximum Gasteiger partial charge on any atom is 0.302 e. The molecule has 0 fully saturated rings. The van der Waals surface area contributed by atoms with Crippen molar-refractivity contribution >= 4 is 17.0 Å². The summed E-state index contributed by atoms with van der Waals surface area (Å²) in [5.41, 5.74) is 2.36. The Morgan fingerprint density at radius 3 is 2.57 bits per heavy atom. The molecule has 1 N–H and O–H groups in total. The highest BCUT2D eigenvalue weighted by Crippen LogP contribution is 1.80. The first-order valence-electron chi connectivity index (χ1n) is 1.77. The van der Waals surface area contributed by atoms with E-state index in [9.17, 15) is 0 Å².